The maximum absolute atomic E-state index is 5.55. The lowest BCUT2D eigenvalue weighted by Crippen LogP contribution is -2.25. The summed E-state index contributed by atoms with van der Waals surface area (Å²) in [7, 11) is 0. The molecule has 0 bridgehead atoms. The molecule has 0 spiro atoms. The molecule has 0 aliphatic rings. The molecule has 1 N–H and O–H groups in total. The monoisotopic (exact) mass is 229 g/mol. The zero-order valence-electron chi connectivity index (χ0n) is 9.40. The van der Waals surface area contributed by atoms with Crippen molar-refractivity contribution in [3.05, 3.63) is 11.1 Å². The zero-order valence-corrected chi connectivity index (χ0v) is 10.2. The molecule has 0 fully saturated rings. The van der Waals surface area contributed by atoms with Gasteiger partial charge < -0.3 is 10.1 Å². The van der Waals surface area contributed by atoms with Crippen LogP contribution in [0.1, 0.15) is 37.6 Å². The molecule has 0 amide bonds. The van der Waals surface area contributed by atoms with Crippen LogP contribution in [0.2, 0.25) is 0 Å². The smallest absolute Gasteiger partial charge is 0.0685 e. The molecule has 15 heavy (non-hydrogen) atoms. The Morgan fingerprint density at radius 1 is 1.47 bits per heavy atom. The minimum Gasteiger partial charge on any atom is -0.379 e. The fourth-order valence-electron chi connectivity index (χ4n) is 1.23. The SMILES string of the molecule is CCCNC(COCCC)c1cnns1. The molecule has 0 aliphatic heterocycles. The number of ether oxygens (including phenoxy) is 1. The van der Waals surface area contributed by atoms with E-state index in [-0.39, 0.29) is 6.04 Å². The maximum atomic E-state index is 5.55. The van der Waals surface area contributed by atoms with Crippen LogP contribution in [0.4, 0.5) is 0 Å². The van der Waals surface area contributed by atoms with Gasteiger partial charge in [0.2, 0.25) is 0 Å². The van der Waals surface area contributed by atoms with Crippen molar-refractivity contribution in [2.45, 2.75) is 32.7 Å². The van der Waals surface area contributed by atoms with E-state index >= 15 is 0 Å². The summed E-state index contributed by atoms with van der Waals surface area (Å²) in [5, 5.41) is 7.29. The second kappa shape index (κ2) is 7.73. The highest BCUT2D eigenvalue weighted by atomic mass is 32.1. The third-order valence-corrected chi connectivity index (χ3v) is 2.77. The molecule has 1 unspecified atom stereocenters. The van der Waals surface area contributed by atoms with E-state index in [0.29, 0.717) is 6.61 Å². The molecule has 1 aromatic heterocycles. The lowest BCUT2D eigenvalue weighted by atomic mass is 10.2. The van der Waals surface area contributed by atoms with Crippen molar-refractivity contribution in [1.82, 2.24) is 14.9 Å². The van der Waals surface area contributed by atoms with Gasteiger partial charge in [-0.15, -0.1) is 5.10 Å². The molecule has 1 heterocycles. The zero-order chi connectivity index (χ0) is 10.9. The first-order valence-corrected chi connectivity index (χ1v) is 6.24. The van der Waals surface area contributed by atoms with Crippen LogP contribution in [0, 0.1) is 0 Å². The van der Waals surface area contributed by atoms with Gasteiger partial charge in [0.25, 0.3) is 0 Å². The Morgan fingerprint density at radius 3 is 2.93 bits per heavy atom. The predicted octanol–water partition coefficient (Wildman–Crippen LogP) is 2.01. The Hall–Kier alpha value is -0.520. The fourth-order valence-corrected chi connectivity index (χ4v) is 1.80. The first-order valence-electron chi connectivity index (χ1n) is 5.46. The summed E-state index contributed by atoms with van der Waals surface area (Å²) in [5.41, 5.74) is 0. The molecule has 1 rings (SSSR count). The summed E-state index contributed by atoms with van der Waals surface area (Å²) in [4.78, 5) is 1.15. The average molecular weight is 229 g/mol. The van der Waals surface area contributed by atoms with Gasteiger partial charge in [0, 0.05) is 6.61 Å². The molecule has 4 nitrogen and oxygen atoms in total. The van der Waals surface area contributed by atoms with Gasteiger partial charge in [-0.3, -0.25) is 0 Å². The van der Waals surface area contributed by atoms with Crippen molar-refractivity contribution >= 4 is 11.5 Å². The Labute approximate surface area is 95.2 Å². The molecular formula is C10H19N3OS. The Morgan fingerprint density at radius 2 is 2.33 bits per heavy atom. The van der Waals surface area contributed by atoms with Crippen LogP contribution >= 0.6 is 11.5 Å². The largest absolute Gasteiger partial charge is 0.379 e. The van der Waals surface area contributed by atoms with Gasteiger partial charge in [0.15, 0.2) is 0 Å². The van der Waals surface area contributed by atoms with E-state index in [1.165, 1.54) is 11.5 Å². The van der Waals surface area contributed by atoms with Crippen LogP contribution in [0.5, 0.6) is 0 Å². The van der Waals surface area contributed by atoms with Crippen LogP contribution in [0.25, 0.3) is 0 Å². The van der Waals surface area contributed by atoms with E-state index in [0.717, 1.165) is 30.9 Å². The van der Waals surface area contributed by atoms with Crippen molar-refractivity contribution in [3.63, 3.8) is 0 Å². The van der Waals surface area contributed by atoms with E-state index in [4.69, 9.17) is 4.74 Å². The second-order valence-electron chi connectivity index (χ2n) is 3.40. The summed E-state index contributed by atoms with van der Waals surface area (Å²) in [5.74, 6) is 0. The summed E-state index contributed by atoms with van der Waals surface area (Å²) in [6.07, 6.45) is 3.99. The maximum Gasteiger partial charge on any atom is 0.0685 e. The summed E-state index contributed by atoms with van der Waals surface area (Å²) >= 11 is 1.44. The number of nitrogens with zero attached hydrogens (tertiary/aromatic N) is 2. The highest BCUT2D eigenvalue weighted by Gasteiger charge is 2.12. The molecule has 0 saturated carbocycles. The molecule has 0 radical (unpaired) electrons. The van der Waals surface area contributed by atoms with Crippen molar-refractivity contribution in [1.29, 1.82) is 0 Å². The first-order chi connectivity index (χ1) is 7.38. The second-order valence-corrected chi connectivity index (χ2v) is 4.22. The van der Waals surface area contributed by atoms with E-state index in [1.807, 2.05) is 6.20 Å². The molecule has 0 aromatic carbocycles. The first kappa shape index (κ1) is 12.5. The highest BCUT2D eigenvalue weighted by Crippen LogP contribution is 2.15. The van der Waals surface area contributed by atoms with Crippen molar-refractivity contribution in [2.24, 2.45) is 0 Å². The van der Waals surface area contributed by atoms with E-state index in [1.54, 1.807) is 0 Å². The normalized spacial score (nSPS) is 12.9. The van der Waals surface area contributed by atoms with Crippen LogP contribution in [0.15, 0.2) is 6.20 Å². The van der Waals surface area contributed by atoms with Gasteiger partial charge >= 0.3 is 0 Å². The van der Waals surface area contributed by atoms with Crippen LogP contribution in [-0.2, 0) is 4.74 Å². The lowest BCUT2D eigenvalue weighted by molar-refractivity contribution is 0.113. The van der Waals surface area contributed by atoms with Crippen molar-refractivity contribution < 1.29 is 4.74 Å². The standard InChI is InChI=1S/C10H19N3OS/c1-3-5-11-9(8-14-6-4-2)10-7-12-13-15-10/h7,9,11H,3-6,8H2,1-2H3. The quantitative estimate of drug-likeness (QED) is 0.693. The molecule has 0 saturated heterocycles. The number of rotatable bonds is 8. The number of hydrogen-bond donors (Lipinski definition) is 1. The predicted molar refractivity (Wildman–Crippen MR) is 62.1 cm³/mol. The fraction of sp³-hybridized carbons (Fsp3) is 0.800. The molecule has 86 valence electrons. The molecule has 5 heteroatoms. The van der Waals surface area contributed by atoms with Gasteiger partial charge in [-0.25, -0.2) is 0 Å². The topological polar surface area (TPSA) is 47.0 Å². The third kappa shape index (κ3) is 4.68. The van der Waals surface area contributed by atoms with Gasteiger partial charge in [-0.05, 0) is 30.9 Å². The van der Waals surface area contributed by atoms with Gasteiger partial charge in [-0.1, -0.05) is 18.3 Å². The van der Waals surface area contributed by atoms with Crippen LogP contribution in [-0.4, -0.2) is 29.3 Å². The van der Waals surface area contributed by atoms with Crippen LogP contribution in [0.3, 0.4) is 0 Å². The van der Waals surface area contributed by atoms with E-state index in [9.17, 15) is 0 Å². The molecule has 0 aliphatic carbocycles. The van der Waals surface area contributed by atoms with Gasteiger partial charge in [0.1, 0.15) is 0 Å². The molecular weight excluding hydrogens is 210 g/mol. The minimum atomic E-state index is 0.247. The lowest BCUT2D eigenvalue weighted by Gasteiger charge is -2.15. The summed E-state index contributed by atoms with van der Waals surface area (Å²) in [6, 6.07) is 0.247. The van der Waals surface area contributed by atoms with E-state index < -0.39 is 0 Å². The molecule has 1 aromatic rings. The minimum absolute atomic E-state index is 0.247. The number of aromatic nitrogens is 2. The van der Waals surface area contributed by atoms with E-state index in [2.05, 4.69) is 28.8 Å². The summed E-state index contributed by atoms with van der Waals surface area (Å²) in [6.45, 7) is 6.79. The van der Waals surface area contributed by atoms with Crippen LogP contribution < -0.4 is 5.32 Å². The Balaban J connectivity index is 2.39. The number of hydrogen-bond acceptors (Lipinski definition) is 5. The van der Waals surface area contributed by atoms with Crippen molar-refractivity contribution in [2.75, 3.05) is 19.8 Å². The highest BCUT2D eigenvalue weighted by molar-refractivity contribution is 7.05. The Kier molecular flexibility index (Phi) is 6.47. The molecule has 1 atom stereocenters. The van der Waals surface area contributed by atoms with Gasteiger partial charge in [0.05, 0.1) is 23.7 Å². The number of nitrogens with one attached hydrogen (secondary N) is 1. The van der Waals surface area contributed by atoms with Crippen molar-refractivity contribution in [3.8, 4) is 0 Å². The average Bonchev–Trinajstić information content (AvgIpc) is 2.76. The Bertz CT molecular complexity index is 241. The van der Waals surface area contributed by atoms with Gasteiger partial charge in [-0.2, -0.15) is 0 Å². The third-order valence-electron chi connectivity index (χ3n) is 2.00. The summed E-state index contributed by atoms with van der Waals surface area (Å²) < 4.78 is 9.43.